The van der Waals surface area contributed by atoms with Gasteiger partial charge in [0.2, 0.25) is 0 Å². The van der Waals surface area contributed by atoms with Gasteiger partial charge in [0, 0.05) is 17.8 Å². The third kappa shape index (κ3) is 3.01. The molecule has 0 spiro atoms. The van der Waals surface area contributed by atoms with E-state index in [0.29, 0.717) is 11.6 Å². The highest BCUT2D eigenvalue weighted by Crippen LogP contribution is 2.18. The minimum Gasteiger partial charge on any atom is -0.254 e. The molecule has 6 heteroatoms. The van der Waals surface area contributed by atoms with Crippen LogP contribution in [0.3, 0.4) is 0 Å². The molecule has 0 fully saturated rings. The summed E-state index contributed by atoms with van der Waals surface area (Å²) in [5.74, 6) is -1.63. The molecule has 96 valence electrons. The fourth-order valence-corrected chi connectivity index (χ4v) is 2.70. The van der Waals surface area contributed by atoms with Gasteiger partial charge in [0.15, 0.2) is 0 Å². The molecule has 0 aliphatic heterocycles. The van der Waals surface area contributed by atoms with Gasteiger partial charge in [-0.15, -0.1) is 0 Å². The summed E-state index contributed by atoms with van der Waals surface area (Å²) in [5.41, 5.74) is 0.616. The maximum Gasteiger partial charge on any atom is 0.144 e. The molecule has 0 aliphatic carbocycles. The van der Waals surface area contributed by atoms with E-state index in [9.17, 15) is 13.0 Å². The van der Waals surface area contributed by atoms with E-state index in [1.807, 2.05) is 6.07 Å². The average Bonchev–Trinajstić information content (AvgIpc) is 2.39. The molecule has 2 aromatic rings. The summed E-state index contributed by atoms with van der Waals surface area (Å²) in [7, 11) is -1.70. The zero-order valence-corrected chi connectivity index (χ0v) is 10.5. The van der Waals surface area contributed by atoms with Gasteiger partial charge in [0.25, 0.3) is 0 Å². The molecule has 0 radical (unpaired) electrons. The zero-order chi connectivity index (χ0) is 13.8. The van der Waals surface area contributed by atoms with E-state index >= 15 is 0 Å². The fourth-order valence-electron chi connectivity index (χ4n) is 1.53. The van der Waals surface area contributed by atoms with E-state index in [2.05, 4.69) is 4.98 Å². The molecule has 1 aromatic carbocycles. The van der Waals surface area contributed by atoms with E-state index < -0.39 is 22.4 Å². The van der Waals surface area contributed by atoms with Crippen LogP contribution in [-0.4, -0.2) is 9.19 Å². The molecular weight excluding hydrogens is 270 g/mol. The van der Waals surface area contributed by atoms with Crippen molar-refractivity contribution in [2.24, 2.45) is 0 Å². The minimum atomic E-state index is -1.70. The molecule has 3 nitrogen and oxygen atoms in total. The van der Waals surface area contributed by atoms with Crippen molar-refractivity contribution in [1.29, 1.82) is 5.26 Å². The minimum absolute atomic E-state index is 0.0424. The van der Waals surface area contributed by atoms with Crippen molar-refractivity contribution in [1.82, 2.24) is 4.98 Å². The van der Waals surface area contributed by atoms with E-state index in [4.69, 9.17) is 5.26 Å². The van der Waals surface area contributed by atoms with Crippen molar-refractivity contribution in [3.63, 3.8) is 0 Å². The van der Waals surface area contributed by atoms with Crippen LogP contribution in [0.25, 0.3) is 0 Å². The molecular formula is C13H8F2N2OS. The molecule has 1 unspecified atom stereocenters. The highest BCUT2D eigenvalue weighted by atomic mass is 32.2. The maximum atomic E-state index is 13.5. The van der Waals surface area contributed by atoms with Crippen LogP contribution in [0.5, 0.6) is 0 Å². The Balaban J connectivity index is 2.29. The second kappa shape index (κ2) is 5.67. The van der Waals surface area contributed by atoms with Crippen LogP contribution in [0.15, 0.2) is 41.4 Å². The van der Waals surface area contributed by atoms with E-state index in [1.54, 1.807) is 12.1 Å². The van der Waals surface area contributed by atoms with Crippen LogP contribution in [0.2, 0.25) is 0 Å². The van der Waals surface area contributed by atoms with Gasteiger partial charge in [-0.25, -0.2) is 13.8 Å². The Morgan fingerprint density at radius 2 is 2.11 bits per heavy atom. The molecule has 2 rings (SSSR count). The number of benzene rings is 1. The second-order valence-electron chi connectivity index (χ2n) is 3.69. The Morgan fingerprint density at radius 3 is 2.79 bits per heavy atom. The molecule has 0 bridgehead atoms. The Labute approximate surface area is 111 Å². The molecule has 0 saturated carbocycles. The largest absolute Gasteiger partial charge is 0.254 e. The summed E-state index contributed by atoms with van der Waals surface area (Å²) in [6.45, 7) is 0. The highest BCUT2D eigenvalue weighted by molar-refractivity contribution is 7.84. The first-order valence-corrected chi connectivity index (χ1v) is 6.61. The van der Waals surface area contributed by atoms with Crippen LogP contribution in [-0.2, 0) is 16.6 Å². The number of hydrogen-bond acceptors (Lipinski definition) is 3. The van der Waals surface area contributed by atoms with Gasteiger partial charge in [-0.05, 0) is 18.2 Å². The fraction of sp³-hybridized carbons (Fsp3) is 0.0769. The van der Waals surface area contributed by atoms with Crippen LogP contribution >= 0.6 is 0 Å². The lowest BCUT2D eigenvalue weighted by Crippen LogP contribution is -2.02. The van der Waals surface area contributed by atoms with Crippen molar-refractivity contribution in [3.8, 4) is 6.07 Å². The molecule has 1 heterocycles. The lowest BCUT2D eigenvalue weighted by molar-refractivity contribution is 0.562. The molecule has 19 heavy (non-hydrogen) atoms. The van der Waals surface area contributed by atoms with E-state index in [-0.39, 0.29) is 16.3 Å². The van der Waals surface area contributed by atoms with E-state index in [1.165, 1.54) is 6.20 Å². The summed E-state index contributed by atoms with van der Waals surface area (Å²) < 4.78 is 38.3. The first kappa shape index (κ1) is 13.3. The third-order valence-electron chi connectivity index (χ3n) is 2.42. The number of aromatic nitrogens is 1. The summed E-state index contributed by atoms with van der Waals surface area (Å²) in [5, 5.41) is 8.86. The molecule has 0 N–H and O–H groups in total. The van der Waals surface area contributed by atoms with Crippen LogP contribution in [0.1, 0.15) is 11.3 Å². The first-order chi connectivity index (χ1) is 9.11. The topological polar surface area (TPSA) is 53.8 Å². The molecule has 0 aliphatic rings. The predicted molar refractivity (Wildman–Crippen MR) is 65.4 cm³/mol. The van der Waals surface area contributed by atoms with Crippen molar-refractivity contribution in [3.05, 3.63) is 59.4 Å². The van der Waals surface area contributed by atoms with Gasteiger partial charge in [-0.2, -0.15) is 5.26 Å². The number of hydrogen-bond donors (Lipinski definition) is 0. The van der Waals surface area contributed by atoms with Crippen molar-refractivity contribution >= 4 is 10.8 Å². The summed E-state index contributed by atoms with van der Waals surface area (Å²) in [6, 6.07) is 7.96. The normalized spacial score (nSPS) is 11.8. The van der Waals surface area contributed by atoms with Crippen LogP contribution in [0, 0.1) is 23.0 Å². The van der Waals surface area contributed by atoms with Crippen LogP contribution < -0.4 is 0 Å². The Kier molecular flexibility index (Phi) is 3.97. The Hall–Kier alpha value is -2.13. The van der Waals surface area contributed by atoms with E-state index in [0.717, 1.165) is 12.1 Å². The van der Waals surface area contributed by atoms with Crippen molar-refractivity contribution in [2.45, 2.75) is 10.6 Å². The second-order valence-corrected chi connectivity index (χ2v) is 5.11. The van der Waals surface area contributed by atoms with Gasteiger partial charge in [-0.3, -0.25) is 4.21 Å². The van der Waals surface area contributed by atoms with Crippen molar-refractivity contribution < 1.29 is 13.0 Å². The quantitative estimate of drug-likeness (QED) is 0.867. The standard InChI is InChI=1S/C13H8F2N2OS/c14-10-3-4-13(11(15)6-10)19(18)8-9-2-1-5-17-12(9)7-16/h1-6H,8H2. The molecule has 0 amide bonds. The average molecular weight is 278 g/mol. The number of rotatable bonds is 3. The SMILES string of the molecule is N#Cc1ncccc1CS(=O)c1ccc(F)cc1F. The molecule has 1 atom stereocenters. The van der Waals surface area contributed by atoms with Gasteiger partial charge < -0.3 is 0 Å². The summed E-state index contributed by atoms with van der Waals surface area (Å²) in [4.78, 5) is 3.74. The van der Waals surface area contributed by atoms with Crippen LogP contribution in [0.4, 0.5) is 8.78 Å². The molecule has 1 aromatic heterocycles. The maximum absolute atomic E-state index is 13.5. The number of halogens is 2. The highest BCUT2D eigenvalue weighted by Gasteiger charge is 2.13. The summed E-state index contributed by atoms with van der Waals surface area (Å²) >= 11 is 0. The van der Waals surface area contributed by atoms with Gasteiger partial charge in [0.05, 0.1) is 21.4 Å². The lowest BCUT2D eigenvalue weighted by Gasteiger charge is -2.05. The monoisotopic (exact) mass is 278 g/mol. The Morgan fingerprint density at radius 1 is 1.32 bits per heavy atom. The number of nitrogens with zero attached hydrogens (tertiary/aromatic N) is 2. The number of nitriles is 1. The van der Waals surface area contributed by atoms with Gasteiger partial charge in [-0.1, -0.05) is 6.07 Å². The van der Waals surface area contributed by atoms with Gasteiger partial charge in [0.1, 0.15) is 23.4 Å². The third-order valence-corrected chi connectivity index (χ3v) is 3.82. The number of pyridine rings is 1. The zero-order valence-electron chi connectivity index (χ0n) is 9.64. The van der Waals surface area contributed by atoms with Crippen molar-refractivity contribution in [2.75, 3.05) is 0 Å². The smallest absolute Gasteiger partial charge is 0.144 e. The van der Waals surface area contributed by atoms with Gasteiger partial charge >= 0.3 is 0 Å². The Bertz CT molecular complexity index is 683. The summed E-state index contributed by atoms with van der Waals surface area (Å²) in [6.07, 6.45) is 1.45. The predicted octanol–water partition coefficient (Wildman–Crippen LogP) is 2.54. The lowest BCUT2D eigenvalue weighted by atomic mass is 10.2. The first-order valence-electron chi connectivity index (χ1n) is 5.29. The molecule has 0 saturated heterocycles.